The second-order valence-corrected chi connectivity index (χ2v) is 2.04. The molecule has 0 aromatic carbocycles. The van der Waals surface area contributed by atoms with Gasteiger partial charge in [-0.15, -0.1) is 0 Å². The van der Waals surface area contributed by atoms with E-state index < -0.39 is 0 Å². The fourth-order valence-electron chi connectivity index (χ4n) is 0.695. The van der Waals surface area contributed by atoms with Crippen molar-refractivity contribution >= 4 is 0 Å². The molecule has 0 spiro atoms. The highest BCUT2D eigenvalue weighted by molar-refractivity contribution is 4.91. The van der Waals surface area contributed by atoms with Gasteiger partial charge in [0.15, 0.2) is 0 Å². The van der Waals surface area contributed by atoms with E-state index in [2.05, 4.69) is 4.99 Å². The van der Waals surface area contributed by atoms with Crippen LogP contribution in [0.1, 0.15) is 0 Å². The van der Waals surface area contributed by atoms with Crippen molar-refractivity contribution in [1.29, 1.82) is 0 Å². The molecule has 0 bridgehead atoms. The summed E-state index contributed by atoms with van der Waals surface area (Å²) in [4.78, 5) is 3.99. The first kappa shape index (κ1) is 7.81. The molecular formula is C7H10N2O2. The Morgan fingerprint density at radius 1 is 1.36 bits per heavy atom. The molecular weight excluding hydrogens is 144 g/mol. The number of nitrogens with zero attached hydrogens (tertiary/aromatic N) is 2. The summed E-state index contributed by atoms with van der Waals surface area (Å²) in [5, 5.41) is 18.0. The Morgan fingerprint density at radius 2 is 2.00 bits per heavy atom. The van der Waals surface area contributed by atoms with E-state index in [1.54, 1.807) is 12.1 Å². The van der Waals surface area contributed by atoms with Gasteiger partial charge < -0.3 is 10.3 Å². The summed E-state index contributed by atoms with van der Waals surface area (Å²) in [6.07, 6.45) is 2.96. The lowest BCUT2D eigenvalue weighted by Crippen LogP contribution is -2.05. The Morgan fingerprint density at radius 3 is 2.55 bits per heavy atom. The normalized spacial score (nSPS) is 9.55. The molecule has 0 saturated heterocycles. The van der Waals surface area contributed by atoms with Gasteiger partial charge >= 0.3 is 0 Å². The SMILES string of the molecule is OCCN=c1ccn(O)cc1. The van der Waals surface area contributed by atoms with Crippen LogP contribution in [0.2, 0.25) is 0 Å². The first-order valence-electron chi connectivity index (χ1n) is 3.32. The molecule has 0 saturated carbocycles. The standard InChI is InChI=1S/C7H10N2O2/c10-6-3-8-7-1-4-9(11)5-2-7/h1-2,4-5,10-11H,3,6H2. The molecule has 4 heteroatoms. The van der Waals surface area contributed by atoms with Gasteiger partial charge in [-0.25, -0.2) is 4.73 Å². The van der Waals surface area contributed by atoms with Gasteiger partial charge in [0, 0.05) is 12.4 Å². The van der Waals surface area contributed by atoms with Crippen LogP contribution in [0, 0.1) is 0 Å². The monoisotopic (exact) mass is 154 g/mol. The van der Waals surface area contributed by atoms with Crippen LogP contribution in [0.15, 0.2) is 29.5 Å². The quantitative estimate of drug-likeness (QED) is 0.570. The molecule has 2 N–H and O–H groups in total. The first-order valence-corrected chi connectivity index (χ1v) is 3.32. The average Bonchev–Trinajstić information content (AvgIpc) is 2.04. The maximum atomic E-state index is 8.81. The first-order chi connectivity index (χ1) is 5.33. The summed E-state index contributed by atoms with van der Waals surface area (Å²) in [6.45, 7) is 0.448. The lowest BCUT2D eigenvalue weighted by atomic mass is 10.5. The molecule has 0 aliphatic heterocycles. The minimum atomic E-state index is 0.0496. The number of rotatable bonds is 2. The van der Waals surface area contributed by atoms with Gasteiger partial charge in [-0.1, -0.05) is 0 Å². The van der Waals surface area contributed by atoms with Crippen molar-refractivity contribution in [1.82, 2.24) is 4.73 Å². The van der Waals surface area contributed by atoms with Crippen molar-refractivity contribution in [3.05, 3.63) is 29.9 Å². The number of aliphatic hydroxyl groups is 1. The minimum absolute atomic E-state index is 0.0496. The number of hydrogen-bond acceptors (Lipinski definition) is 3. The van der Waals surface area contributed by atoms with E-state index in [1.165, 1.54) is 12.4 Å². The van der Waals surface area contributed by atoms with Crippen LogP contribution in [0.25, 0.3) is 0 Å². The van der Waals surface area contributed by atoms with Crippen LogP contribution >= 0.6 is 0 Å². The number of aromatic nitrogens is 1. The molecule has 4 nitrogen and oxygen atoms in total. The highest BCUT2D eigenvalue weighted by atomic mass is 16.5. The highest BCUT2D eigenvalue weighted by Gasteiger charge is 1.80. The Bertz CT molecular complexity index is 260. The molecule has 0 radical (unpaired) electrons. The predicted octanol–water partition coefficient (Wildman–Crippen LogP) is -0.382. The van der Waals surface area contributed by atoms with E-state index in [0.29, 0.717) is 6.54 Å². The van der Waals surface area contributed by atoms with Gasteiger partial charge in [0.2, 0.25) is 0 Å². The molecule has 0 fully saturated rings. The molecule has 0 atom stereocenters. The summed E-state index contributed by atoms with van der Waals surface area (Å²) in [5.41, 5.74) is 0. The zero-order chi connectivity index (χ0) is 8.10. The molecule has 11 heavy (non-hydrogen) atoms. The van der Waals surface area contributed by atoms with Crippen molar-refractivity contribution in [3.8, 4) is 0 Å². The molecule has 0 aliphatic rings. The Hall–Kier alpha value is -1.29. The second kappa shape index (κ2) is 3.78. The molecule has 1 heterocycles. The maximum Gasteiger partial charge on any atom is 0.0628 e. The molecule has 60 valence electrons. The molecule has 1 rings (SSSR count). The smallest absolute Gasteiger partial charge is 0.0628 e. The van der Waals surface area contributed by atoms with Crippen LogP contribution in [0.4, 0.5) is 0 Å². The fourth-order valence-corrected chi connectivity index (χ4v) is 0.695. The lowest BCUT2D eigenvalue weighted by molar-refractivity contribution is 0.184. The molecule has 0 aliphatic carbocycles. The summed E-state index contributed by atoms with van der Waals surface area (Å²) >= 11 is 0. The topological polar surface area (TPSA) is 57.8 Å². The van der Waals surface area contributed by atoms with Crippen LogP contribution < -0.4 is 5.36 Å². The fraction of sp³-hybridized carbons (Fsp3) is 0.286. The van der Waals surface area contributed by atoms with Gasteiger partial charge in [-0.05, 0) is 12.1 Å². The van der Waals surface area contributed by atoms with E-state index >= 15 is 0 Å². The zero-order valence-electron chi connectivity index (χ0n) is 6.01. The molecule has 1 aromatic rings. The van der Waals surface area contributed by atoms with E-state index in [1.807, 2.05) is 0 Å². The van der Waals surface area contributed by atoms with Crippen LogP contribution in [-0.2, 0) is 0 Å². The van der Waals surface area contributed by atoms with Crippen molar-refractivity contribution in [2.45, 2.75) is 0 Å². The van der Waals surface area contributed by atoms with Gasteiger partial charge in [0.25, 0.3) is 0 Å². The van der Waals surface area contributed by atoms with Crippen LogP contribution in [0.5, 0.6) is 0 Å². The minimum Gasteiger partial charge on any atom is -0.429 e. The summed E-state index contributed by atoms with van der Waals surface area (Å²) < 4.78 is 0.942. The maximum absolute atomic E-state index is 8.81. The van der Waals surface area contributed by atoms with Crippen molar-refractivity contribution in [2.24, 2.45) is 4.99 Å². The summed E-state index contributed by atoms with van der Waals surface area (Å²) in [7, 11) is 0. The van der Waals surface area contributed by atoms with Gasteiger partial charge in [-0.2, -0.15) is 0 Å². The molecule has 0 unspecified atom stereocenters. The number of aliphatic hydroxyl groups excluding tert-OH is 1. The van der Waals surface area contributed by atoms with Crippen LogP contribution in [0.3, 0.4) is 0 Å². The molecule has 1 aromatic heterocycles. The lowest BCUT2D eigenvalue weighted by Gasteiger charge is -1.92. The third-order valence-corrected chi connectivity index (χ3v) is 1.19. The Labute approximate surface area is 64.0 Å². The largest absolute Gasteiger partial charge is 0.429 e. The Kier molecular flexibility index (Phi) is 2.68. The van der Waals surface area contributed by atoms with E-state index in [0.717, 1.165) is 10.1 Å². The average molecular weight is 154 g/mol. The number of hydrogen-bond donors (Lipinski definition) is 2. The summed E-state index contributed by atoms with van der Waals surface area (Å²) in [6, 6.07) is 3.32. The Balaban J connectivity index is 2.80. The van der Waals surface area contributed by atoms with E-state index in [4.69, 9.17) is 10.3 Å². The van der Waals surface area contributed by atoms with Crippen LogP contribution in [-0.4, -0.2) is 28.2 Å². The van der Waals surface area contributed by atoms with E-state index in [9.17, 15) is 0 Å². The summed E-state index contributed by atoms with van der Waals surface area (Å²) in [5.74, 6) is 0. The number of pyridine rings is 1. The predicted molar refractivity (Wildman–Crippen MR) is 39.1 cm³/mol. The zero-order valence-corrected chi connectivity index (χ0v) is 6.01. The third kappa shape index (κ3) is 2.43. The highest BCUT2D eigenvalue weighted by Crippen LogP contribution is 1.75. The third-order valence-electron chi connectivity index (χ3n) is 1.19. The van der Waals surface area contributed by atoms with Crippen molar-refractivity contribution in [2.75, 3.05) is 13.2 Å². The van der Waals surface area contributed by atoms with Gasteiger partial charge in [-0.3, -0.25) is 4.99 Å². The van der Waals surface area contributed by atoms with E-state index in [-0.39, 0.29) is 6.61 Å². The second-order valence-electron chi connectivity index (χ2n) is 2.04. The van der Waals surface area contributed by atoms with Gasteiger partial charge in [0.05, 0.1) is 18.5 Å². The van der Waals surface area contributed by atoms with Gasteiger partial charge in [0.1, 0.15) is 0 Å². The molecule has 0 amide bonds. The van der Waals surface area contributed by atoms with Crippen molar-refractivity contribution < 1.29 is 10.3 Å². The van der Waals surface area contributed by atoms with Crippen molar-refractivity contribution in [3.63, 3.8) is 0 Å².